The quantitative estimate of drug-likeness (QED) is 0.143. The van der Waals surface area contributed by atoms with Crippen molar-refractivity contribution in [2.24, 2.45) is 0 Å². The van der Waals surface area contributed by atoms with Gasteiger partial charge in [-0.15, -0.1) is 0 Å². The summed E-state index contributed by atoms with van der Waals surface area (Å²) in [4.78, 5) is 25.7. The average Bonchev–Trinajstić information content (AvgIpc) is 3.02. The summed E-state index contributed by atoms with van der Waals surface area (Å²) >= 11 is 6.04. The third-order valence-corrected chi connectivity index (χ3v) is 6.99. The molecule has 0 spiro atoms. The van der Waals surface area contributed by atoms with Crippen LogP contribution in [0.1, 0.15) is 0 Å². The van der Waals surface area contributed by atoms with Gasteiger partial charge in [0.05, 0.1) is 42.0 Å². The van der Waals surface area contributed by atoms with Crippen molar-refractivity contribution in [1.82, 2.24) is 14.9 Å². The van der Waals surface area contributed by atoms with Crippen molar-refractivity contribution in [3.8, 4) is 22.6 Å². The highest BCUT2D eigenvalue weighted by molar-refractivity contribution is 6.31. The molecule has 1 amide bonds. The van der Waals surface area contributed by atoms with E-state index in [1.165, 1.54) is 12.1 Å². The molecule has 4 aromatic rings. The van der Waals surface area contributed by atoms with E-state index in [-0.39, 0.29) is 22.6 Å². The molecule has 10 nitrogen and oxygen atoms in total. The molecule has 0 aliphatic rings. The van der Waals surface area contributed by atoms with E-state index < -0.39 is 5.82 Å². The van der Waals surface area contributed by atoms with Crippen molar-refractivity contribution in [1.29, 1.82) is 0 Å². The lowest BCUT2D eigenvalue weighted by Crippen LogP contribution is -2.29. The van der Waals surface area contributed by atoms with Gasteiger partial charge in [0, 0.05) is 38.0 Å². The number of methoxy groups -OCH3 is 2. The monoisotopic (exact) mass is 619 g/mol. The van der Waals surface area contributed by atoms with Crippen molar-refractivity contribution in [2.75, 3.05) is 69.3 Å². The summed E-state index contributed by atoms with van der Waals surface area (Å²) in [7, 11) is 9.05. The number of hydrogen-bond donors (Lipinski definition) is 3. The summed E-state index contributed by atoms with van der Waals surface area (Å²) in [5, 5.41) is 9.10. The minimum Gasteiger partial charge on any atom is -0.497 e. The number of benzene rings is 3. The Labute approximate surface area is 261 Å². The van der Waals surface area contributed by atoms with E-state index in [0.29, 0.717) is 40.8 Å². The van der Waals surface area contributed by atoms with E-state index in [1.807, 2.05) is 56.4 Å². The van der Waals surface area contributed by atoms with E-state index in [4.69, 9.17) is 26.1 Å². The first-order valence-electron chi connectivity index (χ1n) is 13.6. The predicted molar refractivity (Wildman–Crippen MR) is 176 cm³/mol. The van der Waals surface area contributed by atoms with Crippen LogP contribution in [0.25, 0.3) is 11.1 Å². The first-order valence-corrected chi connectivity index (χ1v) is 14.0. The molecule has 1 heterocycles. The first-order chi connectivity index (χ1) is 21.1. The number of carbonyl (C=O) groups excluding carboxylic acids is 1. The molecular weight excluding hydrogens is 585 g/mol. The summed E-state index contributed by atoms with van der Waals surface area (Å²) in [6.07, 6.45) is 2.83. The summed E-state index contributed by atoms with van der Waals surface area (Å²) < 4.78 is 25.9. The summed E-state index contributed by atoms with van der Waals surface area (Å²) in [6.45, 7) is 5.07. The summed E-state index contributed by atoms with van der Waals surface area (Å²) in [5.41, 5.74) is 3.32. The molecule has 0 saturated heterocycles. The van der Waals surface area contributed by atoms with Crippen LogP contribution in [-0.4, -0.2) is 69.2 Å². The number of likely N-dealkylation sites (N-methyl/N-ethyl adjacent to an activating group) is 2. The summed E-state index contributed by atoms with van der Waals surface area (Å²) in [6, 6.07) is 15.6. The van der Waals surface area contributed by atoms with Gasteiger partial charge in [0.1, 0.15) is 17.3 Å². The van der Waals surface area contributed by atoms with Crippen LogP contribution < -0.4 is 30.3 Å². The second-order valence-corrected chi connectivity index (χ2v) is 10.4. The lowest BCUT2D eigenvalue weighted by molar-refractivity contribution is -0.111. The maximum atomic E-state index is 14.9. The Balaban J connectivity index is 1.77. The van der Waals surface area contributed by atoms with Gasteiger partial charge in [0.25, 0.3) is 0 Å². The molecule has 12 heteroatoms. The lowest BCUT2D eigenvalue weighted by atomic mass is 10.1. The number of nitrogens with one attached hydrogen (secondary N) is 3. The SMILES string of the molecule is C=CC(=O)Nc1cc(Nc2ncc(-c3ccc(OC)cc3)c(Nc3cccc(Cl)c3F)n2)c(OC)cc1N(C)CCN(C)C. The standard InChI is InChI=1S/C32H35ClFN7O3/c1-7-29(42)36-25-17-26(28(44-6)18-27(25)41(4)16-15-40(2)3)38-32-35-19-22(20-11-13-21(43-5)14-12-20)31(39-32)37-24-10-8-9-23(33)30(24)34/h7-14,17-19H,1,15-16H2,2-6H3,(H,36,42)(H2,35,37,38,39). The molecule has 0 atom stereocenters. The van der Waals surface area contributed by atoms with Gasteiger partial charge in [-0.25, -0.2) is 9.37 Å². The number of nitrogens with zero attached hydrogens (tertiary/aromatic N) is 4. The Morgan fingerprint density at radius 3 is 2.41 bits per heavy atom. The topological polar surface area (TPSA) is 104 Å². The highest BCUT2D eigenvalue weighted by Gasteiger charge is 2.18. The molecule has 0 fully saturated rings. The molecule has 0 saturated carbocycles. The van der Waals surface area contributed by atoms with Crippen LogP contribution in [0.5, 0.6) is 11.5 Å². The van der Waals surface area contributed by atoms with E-state index in [2.05, 4.69) is 32.4 Å². The van der Waals surface area contributed by atoms with Crippen LogP contribution in [0.4, 0.5) is 38.9 Å². The molecule has 0 aliphatic carbocycles. The van der Waals surface area contributed by atoms with E-state index in [1.54, 1.807) is 38.6 Å². The maximum absolute atomic E-state index is 14.9. The molecule has 0 bridgehead atoms. The zero-order valence-corrected chi connectivity index (χ0v) is 26.0. The van der Waals surface area contributed by atoms with E-state index in [9.17, 15) is 9.18 Å². The van der Waals surface area contributed by atoms with Crippen LogP contribution in [-0.2, 0) is 4.79 Å². The molecule has 44 heavy (non-hydrogen) atoms. The van der Waals surface area contributed by atoms with Crippen molar-refractivity contribution in [2.45, 2.75) is 0 Å². The second-order valence-electron chi connectivity index (χ2n) is 10.0. The van der Waals surface area contributed by atoms with Gasteiger partial charge in [-0.1, -0.05) is 36.4 Å². The zero-order valence-electron chi connectivity index (χ0n) is 25.2. The molecule has 4 rings (SSSR count). The zero-order chi connectivity index (χ0) is 31.8. The number of aromatic nitrogens is 2. The van der Waals surface area contributed by atoms with Crippen LogP contribution in [0.15, 0.2) is 73.4 Å². The van der Waals surface area contributed by atoms with Crippen LogP contribution >= 0.6 is 11.6 Å². The number of ether oxygens (including phenoxy) is 2. The van der Waals surface area contributed by atoms with Gasteiger partial charge in [-0.3, -0.25) is 4.79 Å². The van der Waals surface area contributed by atoms with Crippen molar-refractivity contribution < 1.29 is 18.7 Å². The minimum atomic E-state index is -0.610. The molecule has 1 aromatic heterocycles. The highest BCUT2D eigenvalue weighted by Crippen LogP contribution is 2.39. The van der Waals surface area contributed by atoms with E-state index in [0.717, 1.165) is 17.8 Å². The average molecular weight is 620 g/mol. The van der Waals surface area contributed by atoms with Crippen LogP contribution in [0, 0.1) is 5.82 Å². The van der Waals surface area contributed by atoms with Gasteiger partial charge in [0.15, 0.2) is 5.82 Å². The molecule has 0 aliphatic heterocycles. The fraction of sp³-hybridized carbons (Fsp3) is 0.219. The molecule has 3 N–H and O–H groups in total. The van der Waals surface area contributed by atoms with Crippen molar-refractivity contribution in [3.63, 3.8) is 0 Å². The Bertz CT molecular complexity index is 1630. The van der Waals surface area contributed by atoms with Gasteiger partial charge in [-0.05, 0) is 56.1 Å². The molecular formula is C32H35ClFN7O3. The number of rotatable bonds is 13. The molecule has 230 valence electrons. The third-order valence-electron chi connectivity index (χ3n) is 6.70. The number of hydrogen-bond acceptors (Lipinski definition) is 9. The highest BCUT2D eigenvalue weighted by atomic mass is 35.5. The molecule has 0 unspecified atom stereocenters. The Kier molecular flexibility index (Phi) is 10.6. The minimum absolute atomic E-state index is 0.0251. The van der Waals surface area contributed by atoms with Crippen molar-refractivity contribution >= 4 is 52.0 Å². The fourth-order valence-electron chi connectivity index (χ4n) is 4.27. The molecule has 3 aromatic carbocycles. The van der Waals surface area contributed by atoms with Crippen LogP contribution in [0.2, 0.25) is 5.02 Å². The second kappa shape index (κ2) is 14.5. The van der Waals surface area contributed by atoms with Gasteiger partial charge in [-0.2, -0.15) is 4.98 Å². The smallest absolute Gasteiger partial charge is 0.247 e. The number of anilines is 6. The van der Waals surface area contributed by atoms with Crippen LogP contribution in [0.3, 0.4) is 0 Å². The third kappa shape index (κ3) is 7.74. The largest absolute Gasteiger partial charge is 0.497 e. The Morgan fingerprint density at radius 1 is 1.00 bits per heavy atom. The number of amides is 1. The number of halogens is 2. The van der Waals surface area contributed by atoms with Gasteiger partial charge < -0.3 is 35.2 Å². The first kappa shape index (κ1) is 32.1. The summed E-state index contributed by atoms with van der Waals surface area (Å²) in [5.74, 6) is 0.727. The van der Waals surface area contributed by atoms with Crippen molar-refractivity contribution in [3.05, 3.63) is 84.3 Å². The maximum Gasteiger partial charge on any atom is 0.247 e. The van der Waals surface area contributed by atoms with Gasteiger partial charge in [0.2, 0.25) is 11.9 Å². The van der Waals surface area contributed by atoms with E-state index >= 15 is 0 Å². The normalized spacial score (nSPS) is 10.7. The lowest BCUT2D eigenvalue weighted by Gasteiger charge is -2.26. The molecule has 0 radical (unpaired) electrons. The Hall–Kier alpha value is -4.87. The number of carbonyl (C=O) groups is 1. The van der Waals surface area contributed by atoms with Gasteiger partial charge >= 0.3 is 0 Å². The Morgan fingerprint density at radius 2 is 1.75 bits per heavy atom. The fourth-order valence-corrected chi connectivity index (χ4v) is 4.45. The predicted octanol–water partition coefficient (Wildman–Crippen LogP) is 6.56.